The lowest BCUT2D eigenvalue weighted by Crippen LogP contribution is -2.43. The van der Waals surface area contributed by atoms with Crippen molar-refractivity contribution < 1.29 is 9.18 Å². The van der Waals surface area contributed by atoms with Gasteiger partial charge >= 0.3 is 6.03 Å². The summed E-state index contributed by atoms with van der Waals surface area (Å²) in [7, 11) is 0. The maximum Gasteiger partial charge on any atom is 0.319 e. The first-order chi connectivity index (χ1) is 8.13. The van der Waals surface area contributed by atoms with E-state index in [1.54, 1.807) is 12.1 Å². The Labute approximate surface area is 99.4 Å². The number of hydrogen-bond donors (Lipinski definition) is 3. The summed E-state index contributed by atoms with van der Waals surface area (Å²) in [6.45, 7) is 0.620. The second kappa shape index (κ2) is 5.14. The van der Waals surface area contributed by atoms with E-state index >= 15 is 0 Å². The minimum absolute atomic E-state index is 0.285. The van der Waals surface area contributed by atoms with Crippen molar-refractivity contribution in [3.63, 3.8) is 0 Å². The SMILES string of the molecule is NC1CC(CNC(=O)Nc2cccc(F)c2)C1. The molecule has 0 unspecified atom stereocenters. The Morgan fingerprint density at radius 1 is 1.47 bits per heavy atom. The van der Waals surface area contributed by atoms with Crippen LogP contribution in [0.2, 0.25) is 0 Å². The number of halogens is 1. The van der Waals surface area contributed by atoms with Gasteiger partial charge in [0, 0.05) is 18.3 Å². The van der Waals surface area contributed by atoms with E-state index in [1.807, 2.05) is 0 Å². The molecule has 17 heavy (non-hydrogen) atoms. The maximum absolute atomic E-state index is 12.9. The van der Waals surface area contributed by atoms with Crippen molar-refractivity contribution in [3.05, 3.63) is 30.1 Å². The van der Waals surface area contributed by atoms with Gasteiger partial charge in [0.1, 0.15) is 5.82 Å². The number of hydrogen-bond acceptors (Lipinski definition) is 2. The van der Waals surface area contributed by atoms with E-state index in [1.165, 1.54) is 12.1 Å². The van der Waals surface area contributed by atoms with Gasteiger partial charge in [-0.15, -0.1) is 0 Å². The van der Waals surface area contributed by atoms with Crippen LogP contribution in [0.25, 0.3) is 0 Å². The Balaban J connectivity index is 1.73. The molecule has 0 heterocycles. The van der Waals surface area contributed by atoms with E-state index in [-0.39, 0.29) is 17.9 Å². The fraction of sp³-hybridized carbons (Fsp3) is 0.417. The molecule has 0 saturated heterocycles. The van der Waals surface area contributed by atoms with Gasteiger partial charge in [-0.05, 0) is 37.0 Å². The lowest BCUT2D eigenvalue weighted by Gasteiger charge is -2.32. The van der Waals surface area contributed by atoms with E-state index in [0.29, 0.717) is 18.2 Å². The highest BCUT2D eigenvalue weighted by Gasteiger charge is 2.25. The smallest absolute Gasteiger partial charge is 0.319 e. The first-order valence-electron chi connectivity index (χ1n) is 5.69. The Morgan fingerprint density at radius 2 is 2.24 bits per heavy atom. The largest absolute Gasteiger partial charge is 0.338 e. The maximum atomic E-state index is 12.9. The van der Waals surface area contributed by atoms with Crippen LogP contribution >= 0.6 is 0 Å². The Kier molecular flexibility index (Phi) is 3.58. The summed E-state index contributed by atoms with van der Waals surface area (Å²) in [5, 5.41) is 5.32. The second-order valence-corrected chi connectivity index (χ2v) is 4.44. The molecule has 4 N–H and O–H groups in total. The molecule has 2 rings (SSSR count). The summed E-state index contributed by atoms with van der Waals surface area (Å²) in [6, 6.07) is 5.78. The van der Waals surface area contributed by atoms with E-state index in [9.17, 15) is 9.18 Å². The van der Waals surface area contributed by atoms with Gasteiger partial charge in [-0.1, -0.05) is 6.07 Å². The van der Waals surface area contributed by atoms with Gasteiger partial charge in [-0.3, -0.25) is 0 Å². The van der Waals surface area contributed by atoms with Crippen LogP contribution in [0, 0.1) is 11.7 Å². The van der Waals surface area contributed by atoms with Gasteiger partial charge < -0.3 is 16.4 Å². The van der Waals surface area contributed by atoms with Crippen LogP contribution in [0.15, 0.2) is 24.3 Å². The van der Waals surface area contributed by atoms with Crippen molar-refractivity contribution in [1.29, 1.82) is 0 Å². The van der Waals surface area contributed by atoms with E-state index in [2.05, 4.69) is 10.6 Å². The number of amides is 2. The van der Waals surface area contributed by atoms with Gasteiger partial charge in [0.25, 0.3) is 0 Å². The third-order valence-corrected chi connectivity index (χ3v) is 2.91. The highest BCUT2D eigenvalue weighted by Crippen LogP contribution is 2.24. The predicted octanol–water partition coefficient (Wildman–Crippen LogP) is 1.68. The number of nitrogens with one attached hydrogen (secondary N) is 2. The van der Waals surface area contributed by atoms with Crippen LogP contribution in [-0.2, 0) is 0 Å². The standard InChI is InChI=1S/C12H16FN3O/c13-9-2-1-3-11(6-9)16-12(17)15-7-8-4-10(14)5-8/h1-3,6,8,10H,4-5,7,14H2,(H2,15,16,17). The molecule has 92 valence electrons. The Bertz CT molecular complexity index is 404. The van der Waals surface area contributed by atoms with Crippen molar-refractivity contribution in [2.75, 3.05) is 11.9 Å². The van der Waals surface area contributed by atoms with Crippen molar-refractivity contribution >= 4 is 11.7 Å². The number of carbonyl (C=O) groups excluding carboxylic acids is 1. The minimum atomic E-state index is -0.368. The molecule has 0 atom stereocenters. The molecule has 0 bridgehead atoms. The lowest BCUT2D eigenvalue weighted by molar-refractivity contribution is 0.234. The average molecular weight is 237 g/mol. The molecule has 1 aromatic carbocycles. The molecule has 2 amide bonds. The van der Waals surface area contributed by atoms with Crippen molar-refractivity contribution in [2.45, 2.75) is 18.9 Å². The minimum Gasteiger partial charge on any atom is -0.338 e. The third-order valence-electron chi connectivity index (χ3n) is 2.91. The number of carbonyl (C=O) groups is 1. The topological polar surface area (TPSA) is 67.1 Å². The molecule has 1 aliphatic carbocycles. The molecular weight excluding hydrogens is 221 g/mol. The van der Waals surface area contributed by atoms with Gasteiger partial charge in [0.05, 0.1) is 0 Å². The summed E-state index contributed by atoms with van der Waals surface area (Å²) in [6.07, 6.45) is 1.92. The molecule has 0 radical (unpaired) electrons. The molecule has 0 aliphatic heterocycles. The summed E-state index contributed by atoms with van der Waals surface area (Å²) in [5.41, 5.74) is 6.10. The van der Waals surface area contributed by atoms with Crippen molar-refractivity contribution in [1.82, 2.24) is 5.32 Å². The fourth-order valence-electron chi connectivity index (χ4n) is 1.93. The Morgan fingerprint density at radius 3 is 2.88 bits per heavy atom. The van der Waals surface area contributed by atoms with Gasteiger partial charge in [0.2, 0.25) is 0 Å². The second-order valence-electron chi connectivity index (χ2n) is 4.44. The van der Waals surface area contributed by atoms with Crippen molar-refractivity contribution in [2.24, 2.45) is 11.7 Å². The van der Waals surface area contributed by atoms with Gasteiger partial charge in [-0.25, -0.2) is 9.18 Å². The molecule has 1 aromatic rings. The summed E-state index contributed by atoms with van der Waals surface area (Å²) < 4.78 is 12.9. The first-order valence-corrected chi connectivity index (χ1v) is 5.69. The van der Waals surface area contributed by atoms with Crippen LogP contribution in [0.4, 0.5) is 14.9 Å². The number of nitrogens with two attached hydrogens (primary N) is 1. The Hall–Kier alpha value is -1.62. The van der Waals surface area contributed by atoms with Crippen LogP contribution in [-0.4, -0.2) is 18.6 Å². The predicted molar refractivity (Wildman–Crippen MR) is 64.1 cm³/mol. The zero-order chi connectivity index (χ0) is 12.3. The zero-order valence-corrected chi connectivity index (χ0v) is 9.45. The number of benzene rings is 1. The van der Waals surface area contributed by atoms with E-state index in [4.69, 9.17) is 5.73 Å². The molecule has 1 saturated carbocycles. The van der Waals surface area contributed by atoms with E-state index in [0.717, 1.165) is 12.8 Å². The van der Waals surface area contributed by atoms with E-state index < -0.39 is 0 Å². The highest BCUT2D eigenvalue weighted by molar-refractivity contribution is 5.89. The van der Waals surface area contributed by atoms with Gasteiger partial charge in [-0.2, -0.15) is 0 Å². The summed E-state index contributed by atoms with van der Waals surface area (Å²) in [4.78, 5) is 11.5. The number of anilines is 1. The molecule has 1 fully saturated rings. The molecule has 0 spiro atoms. The van der Waals surface area contributed by atoms with Crippen molar-refractivity contribution in [3.8, 4) is 0 Å². The van der Waals surface area contributed by atoms with Crippen LogP contribution in [0.3, 0.4) is 0 Å². The molecule has 5 heteroatoms. The molecular formula is C12H16FN3O. The third kappa shape index (κ3) is 3.42. The quantitative estimate of drug-likeness (QED) is 0.748. The molecule has 4 nitrogen and oxygen atoms in total. The number of urea groups is 1. The monoisotopic (exact) mass is 237 g/mol. The van der Waals surface area contributed by atoms with Crippen LogP contribution < -0.4 is 16.4 Å². The summed E-state index contributed by atoms with van der Waals surface area (Å²) in [5.74, 6) is 0.107. The fourth-order valence-corrected chi connectivity index (χ4v) is 1.93. The highest BCUT2D eigenvalue weighted by atomic mass is 19.1. The average Bonchev–Trinajstić information content (AvgIpc) is 2.23. The number of rotatable bonds is 3. The van der Waals surface area contributed by atoms with Crippen LogP contribution in [0.5, 0.6) is 0 Å². The zero-order valence-electron chi connectivity index (χ0n) is 9.45. The van der Waals surface area contributed by atoms with Crippen LogP contribution in [0.1, 0.15) is 12.8 Å². The van der Waals surface area contributed by atoms with Gasteiger partial charge in [0.15, 0.2) is 0 Å². The lowest BCUT2D eigenvalue weighted by atomic mass is 9.81. The molecule has 1 aliphatic rings. The summed E-state index contributed by atoms with van der Waals surface area (Å²) >= 11 is 0. The first kappa shape index (κ1) is 11.9. The molecule has 0 aromatic heterocycles. The normalized spacial score (nSPS) is 22.7.